The fourth-order valence-corrected chi connectivity index (χ4v) is 2.43. The smallest absolute Gasteiger partial charge is 0.286 e. The van der Waals surface area contributed by atoms with E-state index in [2.05, 4.69) is 41.6 Å². The Morgan fingerprint density at radius 2 is 1.90 bits per heavy atom. The summed E-state index contributed by atoms with van der Waals surface area (Å²) in [7, 11) is 1.75. The van der Waals surface area contributed by atoms with Crippen LogP contribution in [0.4, 0.5) is 10.8 Å². The van der Waals surface area contributed by atoms with Gasteiger partial charge in [0.2, 0.25) is 10.1 Å². The SMILES string of the molecule is CNc1nnc(C(=O)Nc2ccccc2C(C)(C)C)s1. The molecule has 0 radical (unpaired) electrons. The molecule has 1 aromatic heterocycles. The Bertz CT molecular complexity index is 616. The van der Waals surface area contributed by atoms with E-state index in [1.807, 2.05) is 24.3 Å². The first-order chi connectivity index (χ1) is 9.41. The quantitative estimate of drug-likeness (QED) is 0.911. The van der Waals surface area contributed by atoms with Gasteiger partial charge in [-0.05, 0) is 17.0 Å². The Morgan fingerprint density at radius 1 is 1.20 bits per heavy atom. The van der Waals surface area contributed by atoms with Gasteiger partial charge >= 0.3 is 0 Å². The molecule has 0 atom stereocenters. The van der Waals surface area contributed by atoms with E-state index in [0.717, 1.165) is 11.3 Å². The van der Waals surface area contributed by atoms with Crippen molar-refractivity contribution in [1.82, 2.24) is 10.2 Å². The molecule has 0 saturated carbocycles. The summed E-state index contributed by atoms with van der Waals surface area (Å²) in [5.74, 6) is -0.235. The van der Waals surface area contributed by atoms with E-state index in [-0.39, 0.29) is 11.3 Å². The van der Waals surface area contributed by atoms with Crippen molar-refractivity contribution in [3.63, 3.8) is 0 Å². The first-order valence-corrected chi connectivity index (χ1v) is 7.15. The van der Waals surface area contributed by atoms with Crippen LogP contribution in [0.2, 0.25) is 0 Å². The van der Waals surface area contributed by atoms with Crippen molar-refractivity contribution in [3.8, 4) is 0 Å². The molecule has 0 aliphatic rings. The maximum absolute atomic E-state index is 12.2. The highest BCUT2D eigenvalue weighted by molar-refractivity contribution is 7.17. The maximum Gasteiger partial charge on any atom is 0.286 e. The van der Waals surface area contributed by atoms with Gasteiger partial charge in [-0.1, -0.05) is 50.3 Å². The van der Waals surface area contributed by atoms with Crippen molar-refractivity contribution in [2.24, 2.45) is 0 Å². The number of benzene rings is 1. The Hall–Kier alpha value is -1.95. The van der Waals surface area contributed by atoms with Gasteiger partial charge in [-0.3, -0.25) is 4.79 Å². The van der Waals surface area contributed by atoms with Gasteiger partial charge in [-0.15, -0.1) is 10.2 Å². The van der Waals surface area contributed by atoms with Crippen LogP contribution in [0.5, 0.6) is 0 Å². The zero-order valence-electron chi connectivity index (χ0n) is 12.0. The average Bonchev–Trinajstić information content (AvgIpc) is 2.87. The minimum atomic E-state index is -0.235. The third-order valence-electron chi connectivity index (χ3n) is 2.82. The lowest BCUT2D eigenvalue weighted by Crippen LogP contribution is -2.18. The third kappa shape index (κ3) is 3.14. The summed E-state index contributed by atoms with van der Waals surface area (Å²) in [5, 5.41) is 14.5. The number of anilines is 2. The number of rotatable bonds is 3. The topological polar surface area (TPSA) is 66.9 Å². The molecule has 0 aliphatic heterocycles. The van der Waals surface area contributed by atoms with Gasteiger partial charge in [0.15, 0.2) is 0 Å². The lowest BCUT2D eigenvalue weighted by Gasteiger charge is -2.22. The molecule has 2 aromatic rings. The predicted octanol–water partition coefficient (Wildman–Crippen LogP) is 3.13. The summed E-state index contributed by atoms with van der Waals surface area (Å²) in [6.07, 6.45) is 0. The number of nitrogens with zero attached hydrogens (tertiary/aromatic N) is 2. The minimum Gasteiger partial charge on any atom is -0.363 e. The van der Waals surface area contributed by atoms with E-state index < -0.39 is 0 Å². The Kier molecular flexibility index (Phi) is 4.04. The van der Waals surface area contributed by atoms with Crippen molar-refractivity contribution in [1.29, 1.82) is 0 Å². The molecule has 0 fully saturated rings. The molecule has 0 saturated heterocycles. The summed E-state index contributed by atoms with van der Waals surface area (Å²) < 4.78 is 0. The molecule has 6 heteroatoms. The molecular formula is C14H18N4OS. The number of hydrogen-bond acceptors (Lipinski definition) is 5. The summed E-state index contributed by atoms with van der Waals surface area (Å²) in [5.41, 5.74) is 1.86. The summed E-state index contributed by atoms with van der Waals surface area (Å²) in [4.78, 5) is 12.2. The zero-order valence-corrected chi connectivity index (χ0v) is 12.8. The predicted molar refractivity (Wildman–Crippen MR) is 82.6 cm³/mol. The fraction of sp³-hybridized carbons (Fsp3) is 0.357. The molecule has 0 aliphatic carbocycles. The van der Waals surface area contributed by atoms with Crippen LogP contribution >= 0.6 is 11.3 Å². The third-order valence-corrected chi connectivity index (χ3v) is 3.76. The number of nitrogens with one attached hydrogen (secondary N) is 2. The second kappa shape index (κ2) is 5.58. The Morgan fingerprint density at radius 3 is 2.50 bits per heavy atom. The highest BCUT2D eigenvalue weighted by Crippen LogP contribution is 2.29. The van der Waals surface area contributed by atoms with Gasteiger partial charge in [0, 0.05) is 12.7 Å². The molecule has 106 valence electrons. The van der Waals surface area contributed by atoms with Crippen molar-refractivity contribution < 1.29 is 4.79 Å². The molecule has 1 heterocycles. The molecule has 1 amide bonds. The number of amides is 1. The average molecular weight is 290 g/mol. The van der Waals surface area contributed by atoms with Gasteiger partial charge in [0.1, 0.15) is 0 Å². The zero-order chi connectivity index (χ0) is 14.8. The van der Waals surface area contributed by atoms with Gasteiger partial charge in [-0.2, -0.15) is 0 Å². The lowest BCUT2D eigenvalue weighted by molar-refractivity contribution is 0.102. The van der Waals surface area contributed by atoms with Crippen LogP contribution in [0.3, 0.4) is 0 Å². The molecule has 5 nitrogen and oxygen atoms in total. The molecule has 1 aromatic carbocycles. The molecule has 20 heavy (non-hydrogen) atoms. The molecule has 0 unspecified atom stereocenters. The number of para-hydroxylation sites is 1. The van der Waals surface area contributed by atoms with Crippen LogP contribution in [0.25, 0.3) is 0 Å². The summed E-state index contributed by atoms with van der Waals surface area (Å²) >= 11 is 1.23. The van der Waals surface area contributed by atoms with E-state index in [1.54, 1.807) is 7.05 Å². The number of aromatic nitrogens is 2. The van der Waals surface area contributed by atoms with Crippen molar-refractivity contribution >= 4 is 28.1 Å². The monoisotopic (exact) mass is 290 g/mol. The largest absolute Gasteiger partial charge is 0.363 e. The van der Waals surface area contributed by atoms with Gasteiger partial charge < -0.3 is 10.6 Å². The summed E-state index contributed by atoms with van der Waals surface area (Å²) in [6.45, 7) is 6.34. The van der Waals surface area contributed by atoms with Crippen LogP contribution in [-0.4, -0.2) is 23.2 Å². The van der Waals surface area contributed by atoms with Crippen LogP contribution < -0.4 is 10.6 Å². The van der Waals surface area contributed by atoms with Crippen LogP contribution in [-0.2, 0) is 5.41 Å². The van der Waals surface area contributed by atoms with E-state index >= 15 is 0 Å². The highest BCUT2D eigenvalue weighted by atomic mass is 32.1. The number of hydrogen-bond donors (Lipinski definition) is 2. The number of carbonyl (C=O) groups is 1. The molecule has 0 bridgehead atoms. The first kappa shape index (κ1) is 14.5. The molecule has 2 rings (SSSR count). The van der Waals surface area contributed by atoms with Gasteiger partial charge in [0.05, 0.1) is 0 Å². The van der Waals surface area contributed by atoms with Crippen molar-refractivity contribution in [2.75, 3.05) is 17.7 Å². The Labute approximate surface area is 122 Å². The van der Waals surface area contributed by atoms with Gasteiger partial charge in [-0.25, -0.2) is 0 Å². The lowest BCUT2D eigenvalue weighted by atomic mass is 9.86. The molecule has 2 N–H and O–H groups in total. The number of carbonyl (C=O) groups excluding carboxylic acids is 1. The maximum atomic E-state index is 12.2. The van der Waals surface area contributed by atoms with Crippen LogP contribution in [0.1, 0.15) is 36.1 Å². The first-order valence-electron chi connectivity index (χ1n) is 6.34. The van der Waals surface area contributed by atoms with Crippen molar-refractivity contribution in [3.05, 3.63) is 34.8 Å². The van der Waals surface area contributed by atoms with Crippen molar-refractivity contribution in [2.45, 2.75) is 26.2 Å². The van der Waals surface area contributed by atoms with Crippen LogP contribution in [0.15, 0.2) is 24.3 Å². The summed E-state index contributed by atoms with van der Waals surface area (Å²) in [6, 6.07) is 7.80. The highest BCUT2D eigenvalue weighted by Gasteiger charge is 2.20. The normalized spacial score (nSPS) is 11.2. The molecular weight excluding hydrogens is 272 g/mol. The fourth-order valence-electron chi connectivity index (χ4n) is 1.84. The van der Waals surface area contributed by atoms with E-state index in [9.17, 15) is 4.79 Å². The van der Waals surface area contributed by atoms with E-state index in [1.165, 1.54) is 11.3 Å². The molecule has 0 spiro atoms. The van der Waals surface area contributed by atoms with E-state index in [4.69, 9.17) is 0 Å². The minimum absolute atomic E-state index is 0.0405. The van der Waals surface area contributed by atoms with Gasteiger partial charge in [0.25, 0.3) is 5.91 Å². The second-order valence-corrected chi connectivity index (χ2v) is 6.39. The standard InChI is InChI=1S/C14H18N4OS/c1-14(2,3)9-7-5-6-8-10(9)16-11(19)12-17-18-13(15-4)20-12/h5-8H,1-4H3,(H,15,18)(H,16,19). The Balaban J connectivity index is 2.24. The van der Waals surface area contributed by atoms with Crippen LogP contribution in [0, 0.1) is 0 Å². The van der Waals surface area contributed by atoms with E-state index in [0.29, 0.717) is 10.1 Å². The second-order valence-electron chi connectivity index (χ2n) is 5.41.